The first-order valence-corrected chi connectivity index (χ1v) is 9.11. The Kier molecular flexibility index (Phi) is 5.06. The number of ketones is 1. The summed E-state index contributed by atoms with van der Waals surface area (Å²) in [5.74, 6) is 0.264. The van der Waals surface area contributed by atoms with Crippen LogP contribution in [0.2, 0.25) is 0 Å². The van der Waals surface area contributed by atoms with Gasteiger partial charge >= 0.3 is 0 Å². The molecule has 0 aliphatic carbocycles. The molecule has 0 saturated heterocycles. The molecule has 0 aliphatic rings. The number of oxazole rings is 1. The molecule has 4 nitrogen and oxygen atoms in total. The fourth-order valence-corrected chi connectivity index (χ4v) is 3.21. The Balaban J connectivity index is 1.32. The molecule has 2 aromatic heterocycles. The lowest BCUT2D eigenvalue weighted by molar-refractivity contribution is -0.118. The first kappa shape index (κ1) is 17.2. The minimum atomic E-state index is 0.264. The number of fused-ring (bicyclic) bond motifs is 1. The minimum Gasteiger partial charge on any atom is -0.443 e. The number of aromatic nitrogens is 2. The Morgan fingerprint density at radius 3 is 2.63 bits per heavy atom. The summed E-state index contributed by atoms with van der Waals surface area (Å²) < 4.78 is 5.29. The average molecular weight is 356 g/mol. The van der Waals surface area contributed by atoms with Gasteiger partial charge in [0.25, 0.3) is 0 Å². The highest BCUT2D eigenvalue weighted by Gasteiger charge is 2.06. The van der Waals surface area contributed by atoms with Crippen LogP contribution in [0.3, 0.4) is 0 Å². The van der Waals surface area contributed by atoms with Crippen LogP contribution in [-0.2, 0) is 17.6 Å². The summed E-state index contributed by atoms with van der Waals surface area (Å²) in [7, 11) is 0. The van der Waals surface area contributed by atoms with Crippen molar-refractivity contribution in [2.24, 2.45) is 0 Å². The second-order valence-electron chi connectivity index (χ2n) is 6.66. The van der Waals surface area contributed by atoms with Crippen molar-refractivity contribution in [1.29, 1.82) is 0 Å². The SMILES string of the molecule is O=C(CCCc1ccc(-c2ccc3ocnc3c2)cc1)Cc1cccnc1. The van der Waals surface area contributed by atoms with E-state index < -0.39 is 0 Å². The number of carbonyl (C=O) groups is 1. The second-order valence-corrected chi connectivity index (χ2v) is 6.66. The number of benzene rings is 2. The molecule has 4 rings (SSSR count). The third-order valence-electron chi connectivity index (χ3n) is 4.66. The molecule has 0 spiro atoms. The van der Waals surface area contributed by atoms with Crippen LogP contribution in [0.25, 0.3) is 22.2 Å². The zero-order valence-corrected chi connectivity index (χ0v) is 15.0. The summed E-state index contributed by atoms with van der Waals surface area (Å²) in [5.41, 5.74) is 6.16. The Morgan fingerprint density at radius 2 is 1.81 bits per heavy atom. The molecule has 0 atom stereocenters. The number of Topliss-reactive ketones (excluding diaryl/α,β-unsaturated/α-hetero) is 1. The topological polar surface area (TPSA) is 56.0 Å². The van der Waals surface area contributed by atoms with E-state index in [0.717, 1.165) is 40.6 Å². The number of nitrogens with zero attached hydrogens (tertiary/aromatic N) is 2. The molecule has 27 heavy (non-hydrogen) atoms. The Morgan fingerprint density at radius 1 is 0.963 bits per heavy atom. The van der Waals surface area contributed by atoms with Crippen LogP contribution in [0.4, 0.5) is 0 Å². The van der Waals surface area contributed by atoms with Crippen LogP contribution in [0, 0.1) is 0 Å². The number of hydrogen-bond acceptors (Lipinski definition) is 4. The molecular formula is C23H20N2O2. The highest BCUT2D eigenvalue weighted by atomic mass is 16.3. The fourth-order valence-electron chi connectivity index (χ4n) is 3.21. The molecule has 0 fully saturated rings. The molecule has 2 heterocycles. The van der Waals surface area contributed by atoms with Gasteiger partial charge in [0, 0.05) is 25.2 Å². The van der Waals surface area contributed by atoms with Gasteiger partial charge in [-0.05, 0) is 53.3 Å². The van der Waals surface area contributed by atoms with Crippen LogP contribution in [0.15, 0.2) is 77.8 Å². The van der Waals surface area contributed by atoms with Gasteiger partial charge in [0.2, 0.25) is 0 Å². The second kappa shape index (κ2) is 7.96. The molecule has 0 amide bonds. The largest absolute Gasteiger partial charge is 0.443 e. The van der Waals surface area contributed by atoms with Crippen LogP contribution in [0.5, 0.6) is 0 Å². The van der Waals surface area contributed by atoms with E-state index in [-0.39, 0.29) is 5.78 Å². The fraction of sp³-hybridized carbons (Fsp3) is 0.174. The molecule has 4 aromatic rings. The van der Waals surface area contributed by atoms with Crippen molar-refractivity contribution in [3.63, 3.8) is 0 Å². The van der Waals surface area contributed by atoms with Gasteiger partial charge in [-0.15, -0.1) is 0 Å². The molecule has 134 valence electrons. The van der Waals surface area contributed by atoms with Gasteiger partial charge in [0.15, 0.2) is 12.0 Å². The van der Waals surface area contributed by atoms with Crippen LogP contribution in [-0.4, -0.2) is 15.8 Å². The normalized spacial score (nSPS) is 11.0. The summed E-state index contributed by atoms with van der Waals surface area (Å²) in [6.45, 7) is 0. The monoisotopic (exact) mass is 356 g/mol. The third-order valence-corrected chi connectivity index (χ3v) is 4.66. The Labute approximate surface area is 157 Å². The van der Waals surface area contributed by atoms with Gasteiger partial charge in [0.05, 0.1) is 0 Å². The van der Waals surface area contributed by atoms with Gasteiger partial charge in [-0.1, -0.05) is 36.4 Å². The smallest absolute Gasteiger partial charge is 0.181 e. The van der Waals surface area contributed by atoms with Gasteiger partial charge < -0.3 is 4.42 Å². The molecule has 0 aliphatic heterocycles. The maximum atomic E-state index is 12.1. The first-order chi connectivity index (χ1) is 13.3. The maximum Gasteiger partial charge on any atom is 0.181 e. The zero-order valence-electron chi connectivity index (χ0n) is 15.0. The third kappa shape index (κ3) is 4.29. The van der Waals surface area contributed by atoms with E-state index in [4.69, 9.17) is 4.42 Å². The predicted molar refractivity (Wildman–Crippen MR) is 105 cm³/mol. The summed E-state index contributed by atoms with van der Waals surface area (Å²) in [4.78, 5) is 20.3. The van der Waals surface area contributed by atoms with Crippen molar-refractivity contribution < 1.29 is 9.21 Å². The summed E-state index contributed by atoms with van der Waals surface area (Å²) in [6.07, 6.45) is 7.78. The van der Waals surface area contributed by atoms with E-state index in [1.54, 1.807) is 12.4 Å². The van der Waals surface area contributed by atoms with Crippen molar-refractivity contribution >= 4 is 16.9 Å². The van der Waals surface area contributed by atoms with Crippen molar-refractivity contribution in [1.82, 2.24) is 9.97 Å². The molecule has 2 aromatic carbocycles. The van der Waals surface area contributed by atoms with Gasteiger partial charge in [-0.2, -0.15) is 0 Å². The van der Waals surface area contributed by atoms with Crippen LogP contribution < -0.4 is 0 Å². The lowest BCUT2D eigenvalue weighted by Crippen LogP contribution is -2.03. The summed E-state index contributed by atoms with van der Waals surface area (Å²) >= 11 is 0. The Hall–Kier alpha value is -3.27. The highest BCUT2D eigenvalue weighted by molar-refractivity contribution is 5.81. The molecular weight excluding hydrogens is 336 g/mol. The average Bonchev–Trinajstić information content (AvgIpc) is 3.17. The maximum absolute atomic E-state index is 12.1. The number of aryl methyl sites for hydroxylation is 1. The van der Waals surface area contributed by atoms with E-state index in [2.05, 4.69) is 34.2 Å². The number of hydrogen-bond donors (Lipinski definition) is 0. The van der Waals surface area contributed by atoms with Gasteiger partial charge in [-0.25, -0.2) is 4.98 Å². The van der Waals surface area contributed by atoms with Crippen molar-refractivity contribution in [3.05, 3.63) is 84.5 Å². The quantitative estimate of drug-likeness (QED) is 0.466. The highest BCUT2D eigenvalue weighted by Crippen LogP contribution is 2.24. The van der Waals surface area contributed by atoms with Crippen molar-refractivity contribution in [2.45, 2.75) is 25.7 Å². The summed E-state index contributed by atoms with van der Waals surface area (Å²) in [6, 6.07) is 18.3. The molecule has 0 N–H and O–H groups in total. The van der Waals surface area contributed by atoms with Crippen LogP contribution in [0.1, 0.15) is 24.0 Å². The lowest BCUT2D eigenvalue weighted by Gasteiger charge is -2.05. The van der Waals surface area contributed by atoms with E-state index in [1.807, 2.05) is 30.3 Å². The standard InChI is InChI=1S/C23H20N2O2/c26-21(13-18-4-2-12-24-15-18)5-1-3-17-6-8-19(9-7-17)20-10-11-23-22(14-20)25-16-27-23/h2,4,6-12,14-16H,1,3,5,13H2. The molecule has 0 radical (unpaired) electrons. The summed E-state index contributed by atoms with van der Waals surface area (Å²) in [5, 5.41) is 0. The van der Waals surface area contributed by atoms with Crippen molar-refractivity contribution in [3.8, 4) is 11.1 Å². The minimum absolute atomic E-state index is 0.264. The van der Waals surface area contributed by atoms with Crippen molar-refractivity contribution in [2.75, 3.05) is 0 Å². The number of carbonyl (C=O) groups excluding carboxylic acids is 1. The zero-order chi connectivity index (χ0) is 18.5. The number of rotatable bonds is 7. The number of pyridine rings is 1. The van der Waals surface area contributed by atoms with Crippen LogP contribution >= 0.6 is 0 Å². The Bertz CT molecular complexity index is 1040. The van der Waals surface area contributed by atoms with E-state index in [1.165, 1.54) is 12.0 Å². The molecule has 0 saturated carbocycles. The van der Waals surface area contributed by atoms with Gasteiger partial charge in [-0.3, -0.25) is 9.78 Å². The van der Waals surface area contributed by atoms with E-state index >= 15 is 0 Å². The molecule has 4 heteroatoms. The van der Waals surface area contributed by atoms with Gasteiger partial charge in [0.1, 0.15) is 11.3 Å². The predicted octanol–water partition coefficient (Wildman–Crippen LogP) is 5.02. The first-order valence-electron chi connectivity index (χ1n) is 9.11. The lowest BCUT2D eigenvalue weighted by atomic mass is 10.00. The van der Waals surface area contributed by atoms with E-state index in [0.29, 0.717) is 12.8 Å². The van der Waals surface area contributed by atoms with E-state index in [9.17, 15) is 4.79 Å². The molecule has 0 unspecified atom stereocenters. The molecule has 0 bridgehead atoms.